The van der Waals surface area contributed by atoms with Gasteiger partial charge in [0.1, 0.15) is 4.90 Å². The summed E-state index contributed by atoms with van der Waals surface area (Å²) >= 11 is -0.141. The van der Waals surface area contributed by atoms with Crippen LogP contribution in [0.3, 0.4) is 0 Å². The van der Waals surface area contributed by atoms with Gasteiger partial charge in [-0.3, -0.25) is 0 Å². The molecule has 0 saturated heterocycles. The number of hydrogen-bond donors (Lipinski definition) is 0. The van der Waals surface area contributed by atoms with Crippen LogP contribution in [0.15, 0.2) is 29.2 Å². The molecule has 0 aliphatic heterocycles. The Morgan fingerprint density at radius 3 is 2.48 bits per heavy atom. The van der Waals surface area contributed by atoms with E-state index in [0.717, 1.165) is 0 Å². The van der Waals surface area contributed by atoms with Crippen LogP contribution in [0.25, 0.3) is 10.9 Å². The van der Waals surface area contributed by atoms with Crippen LogP contribution >= 0.6 is 22.4 Å². The van der Waals surface area contributed by atoms with E-state index in [2.05, 4.69) is 0 Å². The lowest BCUT2D eigenvalue weighted by Gasteiger charge is -2.09. The highest BCUT2D eigenvalue weighted by molar-refractivity contribution is 8.14. The molecule has 1 aromatic carbocycles. The van der Waals surface area contributed by atoms with Gasteiger partial charge in [-0.1, -0.05) is 18.2 Å². The van der Waals surface area contributed by atoms with Crippen molar-refractivity contribution in [1.29, 1.82) is 0 Å². The van der Waals surface area contributed by atoms with Crippen LogP contribution in [-0.2, 0) is 15.6 Å². The van der Waals surface area contributed by atoms with Gasteiger partial charge in [0.05, 0.1) is 0 Å². The third-order valence-electron chi connectivity index (χ3n) is 3.00. The van der Waals surface area contributed by atoms with Gasteiger partial charge >= 0.3 is 5.51 Å². The minimum atomic E-state index is -4.31. The Balaban J connectivity index is 2.47. The zero-order chi connectivity index (χ0) is 15.8. The highest BCUT2D eigenvalue weighted by Gasteiger charge is 2.28. The minimum absolute atomic E-state index is 0.0446. The molecule has 0 spiro atoms. The molecule has 0 aliphatic rings. The van der Waals surface area contributed by atoms with E-state index in [4.69, 9.17) is 10.7 Å². The number of para-hydroxylation sites is 1. The van der Waals surface area contributed by atoms with E-state index in [0.29, 0.717) is 16.6 Å². The summed E-state index contributed by atoms with van der Waals surface area (Å²) in [6, 6.07) is 6.60. The number of alkyl halides is 3. The summed E-state index contributed by atoms with van der Waals surface area (Å²) in [4.78, 5) is -0.0447. The fraction of sp³-hybridized carbons (Fsp3) is 0.333. The van der Waals surface area contributed by atoms with Crippen molar-refractivity contribution in [2.75, 3.05) is 5.75 Å². The molecule has 0 saturated carbocycles. The molecule has 0 radical (unpaired) electrons. The molecular formula is C12H11ClF3NO2S2. The molecule has 1 heterocycles. The second-order valence-electron chi connectivity index (χ2n) is 4.32. The summed E-state index contributed by atoms with van der Waals surface area (Å²) in [5.41, 5.74) is -3.41. The Morgan fingerprint density at radius 2 is 1.90 bits per heavy atom. The van der Waals surface area contributed by atoms with Gasteiger partial charge in [-0.05, 0) is 24.8 Å². The smallest absolute Gasteiger partial charge is 0.343 e. The molecule has 21 heavy (non-hydrogen) atoms. The summed E-state index contributed by atoms with van der Waals surface area (Å²) in [7, 11) is 1.47. The van der Waals surface area contributed by atoms with Gasteiger partial charge in [0, 0.05) is 39.6 Å². The molecule has 3 nitrogen and oxygen atoms in total. The summed E-state index contributed by atoms with van der Waals surface area (Å²) in [6.07, 6.45) is 0. The predicted octanol–water partition coefficient (Wildman–Crippen LogP) is 4.13. The fourth-order valence-corrected chi connectivity index (χ4v) is 4.24. The van der Waals surface area contributed by atoms with E-state index >= 15 is 0 Å². The molecule has 0 atom stereocenters. The third-order valence-corrected chi connectivity index (χ3v) is 5.18. The average molecular weight is 358 g/mol. The maximum absolute atomic E-state index is 12.2. The summed E-state index contributed by atoms with van der Waals surface area (Å²) in [5, 5.41) is 0.419. The SMILES string of the molecule is Cc1c(S(=O)(=O)Cl)c2ccccc2n1CCSC(F)(F)F. The third kappa shape index (κ3) is 3.67. The Kier molecular flexibility index (Phi) is 4.51. The second kappa shape index (κ2) is 5.73. The summed E-state index contributed by atoms with van der Waals surface area (Å²) in [5.74, 6) is -0.204. The first kappa shape index (κ1) is 16.5. The number of thioether (sulfide) groups is 1. The molecule has 0 aliphatic carbocycles. The van der Waals surface area contributed by atoms with Crippen LogP contribution in [-0.4, -0.2) is 24.2 Å². The highest BCUT2D eigenvalue weighted by Crippen LogP contribution is 2.34. The van der Waals surface area contributed by atoms with Crippen LogP contribution in [0.4, 0.5) is 13.2 Å². The molecule has 0 unspecified atom stereocenters. The first-order valence-electron chi connectivity index (χ1n) is 5.84. The number of rotatable bonds is 4. The molecule has 0 bridgehead atoms. The van der Waals surface area contributed by atoms with E-state index in [1.165, 1.54) is 6.92 Å². The number of fused-ring (bicyclic) bond motifs is 1. The molecule has 116 valence electrons. The van der Waals surface area contributed by atoms with Crippen LogP contribution in [0.5, 0.6) is 0 Å². The van der Waals surface area contributed by atoms with E-state index in [1.807, 2.05) is 0 Å². The Morgan fingerprint density at radius 1 is 1.29 bits per heavy atom. The number of aromatic nitrogens is 1. The van der Waals surface area contributed by atoms with Gasteiger partial charge < -0.3 is 4.57 Å². The van der Waals surface area contributed by atoms with Crippen LogP contribution in [0, 0.1) is 6.92 Å². The molecule has 0 fully saturated rings. The Hall–Kier alpha value is -0.860. The van der Waals surface area contributed by atoms with Crippen molar-refractivity contribution in [2.24, 2.45) is 0 Å². The lowest BCUT2D eigenvalue weighted by atomic mass is 10.2. The van der Waals surface area contributed by atoms with Gasteiger partial charge in [-0.2, -0.15) is 13.2 Å². The van der Waals surface area contributed by atoms with Gasteiger partial charge in [0.2, 0.25) is 0 Å². The first-order valence-corrected chi connectivity index (χ1v) is 9.14. The van der Waals surface area contributed by atoms with E-state index in [-0.39, 0.29) is 29.0 Å². The Labute approximate surface area is 128 Å². The molecule has 2 aromatic rings. The van der Waals surface area contributed by atoms with Crippen molar-refractivity contribution >= 4 is 42.4 Å². The lowest BCUT2D eigenvalue weighted by molar-refractivity contribution is -0.0328. The zero-order valence-electron chi connectivity index (χ0n) is 10.8. The van der Waals surface area contributed by atoms with Gasteiger partial charge in [0.25, 0.3) is 9.05 Å². The van der Waals surface area contributed by atoms with E-state index in [9.17, 15) is 21.6 Å². The molecule has 1 aromatic heterocycles. The standard InChI is InChI=1S/C12H11ClF3NO2S2/c1-8-11(21(13,18)19)9-4-2-3-5-10(9)17(8)6-7-20-12(14,15)16/h2-5H,6-7H2,1H3. The van der Waals surface area contributed by atoms with Crippen LogP contribution in [0.1, 0.15) is 5.69 Å². The van der Waals surface area contributed by atoms with Gasteiger partial charge in [-0.25, -0.2) is 8.42 Å². The summed E-state index contributed by atoms with van der Waals surface area (Å²) < 4.78 is 61.5. The van der Waals surface area contributed by atoms with Crippen molar-refractivity contribution in [1.82, 2.24) is 4.57 Å². The highest BCUT2D eigenvalue weighted by atomic mass is 35.7. The van der Waals surface area contributed by atoms with E-state index in [1.54, 1.807) is 28.8 Å². The Bertz CT molecular complexity index is 769. The molecular weight excluding hydrogens is 347 g/mol. The number of hydrogen-bond acceptors (Lipinski definition) is 3. The predicted molar refractivity (Wildman–Crippen MR) is 78.2 cm³/mol. The lowest BCUT2D eigenvalue weighted by Crippen LogP contribution is -2.08. The minimum Gasteiger partial charge on any atom is -0.343 e. The fourth-order valence-electron chi connectivity index (χ4n) is 2.25. The summed E-state index contributed by atoms with van der Waals surface area (Å²) in [6.45, 7) is 1.58. The number of nitrogens with zero attached hydrogens (tertiary/aromatic N) is 1. The second-order valence-corrected chi connectivity index (χ2v) is 7.98. The van der Waals surface area contributed by atoms with Crippen molar-refractivity contribution in [3.8, 4) is 0 Å². The topological polar surface area (TPSA) is 39.1 Å². The number of aryl methyl sites for hydroxylation is 1. The molecule has 2 rings (SSSR count). The monoisotopic (exact) mass is 357 g/mol. The van der Waals surface area contributed by atoms with Crippen molar-refractivity contribution in [3.05, 3.63) is 30.0 Å². The quantitative estimate of drug-likeness (QED) is 0.772. The maximum Gasteiger partial charge on any atom is 0.441 e. The normalized spacial score (nSPS) is 13.0. The molecule has 9 heteroatoms. The first-order chi connectivity index (χ1) is 9.61. The van der Waals surface area contributed by atoms with Crippen molar-refractivity contribution in [2.45, 2.75) is 23.9 Å². The zero-order valence-corrected chi connectivity index (χ0v) is 13.2. The van der Waals surface area contributed by atoms with Crippen LogP contribution < -0.4 is 0 Å². The maximum atomic E-state index is 12.2. The largest absolute Gasteiger partial charge is 0.441 e. The van der Waals surface area contributed by atoms with Crippen LogP contribution in [0.2, 0.25) is 0 Å². The van der Waals surface area contributed by atoms with Gasteiger partial charge in [-0.15, -0.1) is 0 Å². The van der Waals surface area contributed by atoms with Crippen molar-refractivity contribution < 1.29 is 21.6 Å². The number of benzene rings is 1. The van der Waals surface area contributed by atoms with Gasteiger partial charge in [0.15, 0.2) is 0 Å². The molecule has 0 amide bonds. The number of halogens is 4. The average Bonchev–Trinajstić information content (AvgIpc) is 2.60. The molecule has 0 N–H and O–H groups in total. The van der Waals surface area contributed by atoms with Crippen molar-refractivity contribution in [3.63, 3.8) is 0 Å². The van der Waals surface area contributed by atoms with E-state index < -0.39 is 14.6 Å².